The molecule has 4 nitrogen and oxygen atoms in total. The van der Waals surface area contributed by atoms with E-state index >= 15 is 0 Å². The molecule has 0 spiro atoms. The average Bonchev–Trinajstić information content (AvgIpc) is 2.45. The molecule has 4 heteroatoms. The van der Waals surface area contributed by atoms with Gasteiger partial charge >= 0.3 is 0 Å². The molecule has 2 aromatic rings. The number of likely N-dealkylation sites (N-methyl/N-ethyl adjacent to an activating group) is 1. The molecule has 0 fully saturated rings. The highest BCUT2D eigenvalue weighted by molar-refractivity contribution is 5.95. The van der Waals surface area contributed by atoms with Crippen molar-refractivity contribution in [2.75, 3.05) is 33.1 Å². The molecule has 1 N–H and O–H groups in total. The van der Waals surface area contributed by atoms with Gasteiger partial charge in [0, 0.05) is 29.6 Å². The molecule has 0 aliphatic rings. The van der Waals surface area contributed by atoms with E-state index in [4.69, 9.17) is 4.74 Å². The molecule has 114 valence electrons. The minimum atomic E-state index is 0.351. The van der Waals surface area contributed by atoms with Gasteiger partial charge in [-0.25, -0.2) is 4.98 Å². The van der Waals surface area contributed by atoms with Gasteiger partial charge in [-0.3, -0.25) is 0 Å². The lowest BCUT2D eigenvalue weighted by Crippen LogP contribution is -2.36. The first-order valence-electron chi connectivity index (χ1n) is 7.36. The van der Waals surface area contributed by atoms with Crippen molar-refractivity contribution in [3.05, 3.63) is 30.5 Å². The Balaban J connectivity index is 2.37. The third-order valence-corrected chi connectivity index (χ3v) is 3.67. The molecule has 0 bridgehead atoms. The molecule has 0 aliphatic heterocycles. The van der Waals surface area contributed by atoms with E-state index in [2.05, 4.69) is 49.2 Å². The average molecular weight is 287 g/mol. The fourth-order valence-corrected chi connectivity index (χ4v) is 2.46. The van der Waals surface area contributed by atoms with Gasteiger partial charge in [0.25, 0.3) is 0 Å². The zero-order valence-electron chi connectivity index (χ0n) is 13.6. The van der Waals surface area contributed by atoms with Crippen LogP contribution < -0.4 is 10.1 Å². The van der Waals surface area contributed by atoms with Crippen LogP contribution in [0.4, 0.5) is 5.82 Å². The maximum absolute atomic E-state index is 5.44. The topological polar surface area (TPSA) is 37.4 Å². The molecule has 0 saturated carbocycles. The van der Waals surface area contributed by atoms with Crippen LogP contribution in [0.1, 0.15) is 13.8 Å². The van der Waals surface area contributed by atoms with E-state index in [-0.39, 0.29) is 0 Å². The molecule has 0 aliphatic carbocycles. The van der Waals surface area contributed by atoms with Crippen LogP contribution in [0, 0.1) is 5.92 Å². The fraction of sp³-hybridized carbons (Fsp3) is 0.471. The van der Waals surface area contributed by atoms with E-state index in [0.717, 1.165) is 28.9 Å². The summed E-state index contributed by atoms with van der Waals surface area (Å²) >= 11 is 0. The van der Waals surface area contributed by atoms with Gasteiger partial charge in [0.15, 0.2) is 0 Å². The van der Waals surface area contributed by atoms with Crippen molar-refractivity contribution in [3.8, 4) is 5.75 Å². The maximum atomic E-state index is 5.44. The van der Waals surface area contributed by atoms with Gasteiger partial charge in [-0.1, -0.05) is 26.0 Å². The van der Waals surface area contributed by atoms with Crippen molar-refractivity contribution in [1.82, 2.24) is 9.88 Å². The molecule has 2 rings (SSSR count). The number of aromatic nitrogens is 1. The molecule has 0 saturated heterocycles. The normalized spacial score (nSPS) is 12.9. The Morgan fingerprint density at radius 2 is 1.95 bits per heavy atom. The Kier molecular flexibility index (Phi) is 5.02. The van der Waals surface area contributed by atoms with E-state index in [0.29, 0.717) is 12.0 Å². The number of ether oxygens (including phenoxy) is 1. The Hall–Kier alpha value is -1.81. The highest BCUT2D eigenvalue weighted by Crippen LogP contribution is 2.29. The summed E-state index contributed by atoms with van der Waals surface area (Å²) in [4.78, 5) is 6.72. The molecule has 1 aromatic carbocycles. The Labute approximate surface area is 127 Å². The Morgan fingerprint density at radius 1 is 1.19 bits per heavy atom. The van der Waals surface area contributed by atoms with Crippen LogP contribution in [0.5, 0.6) is 5.75 Å². The number of pyridine rings is 1. The van der Waals surface area contributed by atoms with Crippen LogP contribution in [-0.4, -0.2) is 43.7 Å². The first-order chi connectivity index (χ1) is 10.0. The fourth-order valence-electron chi connectivity index (χ4n) is 2.46. The third-order valence-electron chi connectivity index (χ3n) is 3.67. The zero-order valence-corrected chi connectivity index (χ0v) is 13.6. The van der Waals surface area contributed by atoms with Gasteiger partial charge in [-0.2, -0.15) is 0 Å². The minimum Gasteiger partial charge on any atom is -0.496 e. The Bertz CT molecular complexity index is 596. The van der Waals surface area contributed by atoms with Gasteiger partial charge < -0.3 is 15.0 Å². The molecular formula is C17H25N3O. The monoisotopic (exact) mass is 287 g/mol. The quantitative estimate of drug-likeness (QED) is 0.885. The van der Waals surface area contributed by atoms with E-state index in [1.807, 2.05) is 24.4 Å². The number of methoxy groups -OCH3 is 1. The number of benzene rings is 1. The summed E-state index contributed by atoms with van der Waals surface area (Å²) in [6.07, 6.45) is 1.83. The number of anilines is 1. The van der Waals surface area contributed by atoms with Gasteiger partial charge in [0.05, 0.1) is 7.11 Å². The molecule has 1 unspecified atom stereocenters. The number of rotatable bonds is 6. The lowest BCUT2D eigenvalue weighted by atomic mass is 10.0. The largest absolute Gasteiger partial charge is 0.496 e. The first-order valence-corrected chi connectivity index (χ1v) is 7.36. The van der Waals surface area contributed by atoms with E-state index in [9.17, 15) is 0 Å². The van der Waals surface area contributed by atoms with Gasteiger partial charge in [0.2, 0.25) is 0 Å². The van der Waals surface area contributed by atoms with Crippen LogP contribution in [0.15, 0.2) is 30.5 Å². The number of nitrogens with zero attached hydrogens (tertiary/aromatic N) is 2. The molecule has 1 heterocycles. The van der Waals surface area contributed by atoms with Crippen LogP contribution in [0.3, 0.4) is 0 Å². The van der Waals surface area contributed by atoms with E-state index < -0.39 is 0 Å². The van der Waals surface area contributed by atoms with Gasteiger partial charge in [0.1, 0.15) is 11.6 Å². The van der Waals surface area contributed by atoms with Crippen LogP contribution in [0.25, 0.3) is 10.8 Å². The lowest BCUT2D eigenvalue weighted by Gasteiger charge is -2.26. The summed E-state index contributed by atoms with van der Waals surface area (Å²) in [5.41, 5.74) is 0. The van der Waals surface area contributed by atoms with Crippen LogP contribution in [-0.2, 0) is 0 Å². The molecule has 1 atom stereocenters. The summed E-state index contributed by atoms with van der Waals surface area (Å²) < 4.78 is 5.44. The second kappa shape index (κ2) is 6.76. The maximum Gasteiger partial charge on any atom is 0.134 e. The second-order valence-corrected chi connectivity index (χ2v) is 5.97. The van der Waals surface area contributed by atoms with Crippen LogP contribution in [0.2, 0.25) is 0 Å². The van der Waals surface area contributed by atoms with Crippen molar-refractivity contribution in [2.45, 2.75) is 19.9 Å². The highest BCUT2D eigenvalue weighted by atomic mass is 16.5. The third kappa shape index (κ3) is 3.64. The summed E-state index contributed by atoms with van der Waals surface area (Å²) in [7, 11) is 5.89. The molecule has 0 amide bonds. The molecule has 0 radical (unpaired) electrons. The zero-order chi connectivity index (χ0) is 15.4. The lowest BCUT2D eigenvalue weighted by molar-refractivity contribution is 0.344. The smallest absolute Gasteiger partial charge is 0.134 e. The summed E-state index contributed by atoms with van der Waals surface area (Å²) in [6, 6.07) is 8.41. The summed E-state index contributed by atoms with van der Waals surface area (Å²) in [6.45, 7) is 5.43. The van der Waals surface area contributed by atoms with Crippen molar-refractivity contribution < 1.29 is 4.74 Å². The molecule has 21 heavy (non-hydrogen) atoms. The van der Waals surface area contributed by atoms with Crippen molar-refractivity contribution in [2.24, 2.45) is 5.92 Å². The van der Waals surface area contributed by atoms with Crippen LogP contribution >= 0.6 is 0 Å². The van der Waals surface area contributed by atoms with Gasteiger partial charge in [-0.15, -0.1) is 0 Å². The van der Waals surface area contributed by atoms with Crippen molar-refractivity contribution >= 4 is 16.6 Å². The predicted octanol–water partition coefficient (Wildman–Crippen LogP) is 3.24. The van der Waals surface area contributed by atoms with Crippen molar-refractivity contribution in [3.63, 3.8) is 0 Å². The minimum absolute atomic E-state index is 0.351. The number of fused-ring (bicyclic) bond motifs is 1. The second-order valence-electron chi connectivity index (χ2n) is 5.97. The highest BCUT2D eigenvalue weighted by Gasteiger charge is 2.16. The summed E-state index contributed by atoms with van der Waals surface area (Å²) in [5.74, 6) is 2.33. The number of hydrogen-bond donors (Lipinski definition) is 1. The predicted molar refractivity (Wildman–Crippen MR) is 89.1 cm³/mol. The Morgan fingerprint density at radius 3 is 2.57 bits per heavy atom. The van der Waals surface area contributed by atoms with Crippen molar-refractivity contribution in [1.29, 1.82) is 0 Å². The van der Waals surface area contributed by atoms with E-state index in [1.54, 1.807) is 7.11 Å². The molecule has 1 aromatic heterocycles. The summed E-state index contributed by atoms with van der Waals surface area (Å²) in [5, 5.41) is 5.78. The first kappa shape index (κ1) is 15.6. The van der Waals surface area contributed by atoms with E-state index in [1.165, 1.54) is 0 Å². The number of hydrogen-bond acceptors (Lipinski definition) is 4. The molecular weight excluding hydrogens is 262 g/mol. The van der Waals surface area contributed by atoms with Gasteiger partial charge in [-0.05, 0) is 32.1 Å². The number of nitrogens with one attached hydrogen (secondary N) is 1. The SMILES string of the molecule is COc1cccc2c(NC(CN(C)C)C(C)C)nccc12. The standard InChI is InChI=1S/C17H25N3O/c1-12(2)15(11-20(3)4)19-17-14-7-6-8-16(21-5)13(14)9-10-18-17/h6-10,12,15H,11H2,1-5H3,(H,18,19).